The third-order valence-corrected chi connectivity index (χ3v) is 5.02. The highest BCUT2D eigenvalue weighted by Crippen LogP contribution is 2.28. The van der Waals surface area contributed by atoms with Gasteiger partial charge in [0.25, 0.3) is 0 Å². The highest BCUT2D eigenvalue weighted by Gasteiger charge is 2.17. The average Bonchev–Trinajstić information content (AvgIpc) is 3.42. The second-order valence-corrected chi connectivity index (χ2v) is 7.12. The standard InChI is InChI=1S/C23H20N6O/c30-23(24-16-6-2-1-3-7-16)25-17-12-10-15(11-13-17)20-14-21(29-28-20)22-26-18-8-4-5-9-19(18)27-22/h1-10,12-15H,11H2,(H,26,27)(H,28,29)(H2,24,25,30). The van der Waals surface area contributed by atoms with Gasteiger partial charge in [0.15, 0.2) is 5.82 Å². The normalized spacial score (nSPS) is 15.7. The van der Waals surface area contributed by atoms with E-state index < -0.39 is 0 Å². The molecule has 1 atom stereocenters. The fourth-order valence-corrected chi connectivity index (χ4v) is 3.48. The molecule has 5 rings (SSSR count). The molecule has 1 unspecified atom stereocenters. The van der Waals surface area contributed by atoms with Crippen LogP contribution in [-0.2, 0) is 0 Å². The van der Waals surface area contributed by atoms with Gasteiger partial charge in [-0.1, -0.05) is 42.5 Å². The van der Waals surface area contributed by atoms with Gasteiger partial charge in [-0.25, -0.2) is 9.78 Å². The quantitative estimate of drug-likeness (QED) is 0.402. The zero-order chi connectivity index (χ0) is 20.3. The number of carbonyl (C=O) groups excluding carboxylic acids is 1. The molecule has 0 spiro atoms. The lowest BCUT2D eigenvalue weighted by atomic mass is 9.96. The van der Waals surface area contributed by atoms with E-state index in [1.54, 1.807) is 0 Å². The van der Waals surface area contributed by atoms with Crippen LogP contribution in [0.15, 0.2) is 84.6 Å². The van der Waals surface area contributed by atoms with Crippen LogP contribution in [0.2, 0.25) is 0 Å². The predicted octanol–water partition coefficient (Wildman–Crippen LogP) is 4.70. The summed E-state index contributed by atoms with van der Waals surface area (Å²) < 4.78 is 0. The van der Waals surface area contributed by atoms with Crippen molar-refractivity contribution in [1.29, 1.82) is 0 Å². The number of urea groups is 1. The number of aromatic nitrogens is 4. The number of nitrogens with one attached hydrogen (secondary N) is 4. The predicted molar refractivity (Wildman–Crippen MR) is 117 cm³/mol. The van der Waals surface area contributed by atoms with Crippen LogP contribution in [0.3, 0.4) is 0 Å². The number of para-hydroxylation sites is 3. The van der Waals surface area contributed by atoms with Crippen LogP contribution in [0.25, 0.3) is 22.6 Å². The van der Waals surface area contributed by atoms with Crippen molar-refractivity contribution < 1.29 is 4.79 Å². The van der Waals surface area contributed by atoms with Gasteiger partial charge in [-0.2, -0.15) is 5.10 Å². The molecule has 4 N–H and O–H groups in total. The maximum Gasteiger partial charge on any atom is 0.323 e. The molecule has 0 radical (unpaired) electrons. The van der Waals surface area contributed by atoms with Crippen molar-refractivity contribution in [2.45, 2.75) is 12.3 Å². The number of nitrogens with zero attached hydrogens (tertiary/aromatic N) is 2. The lowest BCUT2D eigenvalue weighted by Crippen LogP contribution is -2.28. The fraction of sp³-hybridized carbons (Fsp3) is 0.0870. The summed E-state index contributed by atoms with van der Waals surface area (Å²) in [6.07, 6.45) is 6.75. The summed E-state index contributed by atoms with van der Waals surface area (Å²) in [4.78, 5) is 20.0. The van der Waals surface area contributed by atoms with E-state index in [9.17, 15) is 4.79 Å². The first-order valence-corrected chi connectivity index (χ1v) is 9.76. The number of fused-ring (bicyclic) bond motifs is 1. The Kier molecular flexibility index (Phi) is 4.61. The summed E-state index contributed by atoms with van der Waals surface area (Å²) in [6.45, 7) is 0. The number of aromatic amines is 2. The molecular weight excluding hydrogens is 376 g/mol. The SMILES string of the molecule is O=C(NC1=CCC(c2cc(-c3nc4ccccc4[nH]3)n[nH]2)C=C1)Nc1ccccc1. The summed E-state index contributed by atoms with van der Waals surface area (Å²) >= 11 is 0. The first-order valence-electron chi connectivity index (χ1n) is 9.76. The van der Waals surface area contributed by atoms with E-state index in [0.717, 1.165) is 46.1 Å². The lowest BCUT2D eigenvalue weighted by Gasteiger charge is -2.15. The molecule has 1 aliphatic rings. The summed E-state index contributed by atoms with van der Waals surface area (Å²) in [6, 6.07) is 19.0. The van der Waals surface area contributed by atoms with Gasteiger partial charge in [0.2, 0.25) is 0 Å². The van der Waals surface area contributed by atoms with E-state index in [0.29, 0.717) is 0 Å². The molecule has 0 aliphatic heterocycles. The molecule has 0 saturated heterocycles. The molecule has 30 heavy (non-hydrogen) atoms. The van der Waals surface area contributed by atoms with Crippen molar-refractivity contribution in [1.82, 2.24) is 25.5 Å². The third kappa shape index (κ3) is 3.73. The maximum atomic E-state index is 12.1. The molecule has 2 aromatic heterocycles. The Balaban J connectivity index is 1.23. The van der Waals surface area contributed by atoms with Crippen molar-refractivity contribution >= 4 is 22.8 Å². The minimum Gasteiger partial charge on any atom is -0.337 e. The highest BCUT2D eigenvalue weighted by atomic mass is 16.2. The van der Waals surface area contributed by atoms with Gasteiger partial charge in [-0.05, 0) is 42.8 Å². The number of allylic oxidation sites excluding steroid dienone is 3. The minimum absolute atomic E-state index is 0.165. The first-order chi connectivity index (χ1) is 14.7. The number of H-pyrrole nitrogens is 2. The van der Waals surface area contributed by atoms with Crippen molar-refractivity contribution in [2.75, 3.05) is 5.32 Å². The van der Waals surface area contributed by atoms with Gasteiger partial charge in [0, 0.05) is 23.0 Å². The fourth-order valence-electron chi connectivity index (χ4n) is 3.48. The number of imidazole rings is 1. The van der Waals surface area contributed by atoms with Crippen LogP contribution in [0.4, 0.5) is 10.5 Å². The number of carbonyl (C=O) groups is 1. The molecule has 7 nitrogen and oxygen atoms in total. The van der Waals surface area contributed by atoms with Gasteiger partial charge in [0.05, 0.1) is 11.0 Å². The Morgan fingerprint density at radius 1 is 1.03 bits per heavy atom. The summed E-state index contributed by atoms with van der Waals surface area (Å²) in [7, 11) is 0. The molecule has 148 valence electrons. The number of amides is 2. The van der Waals surface area contributed by atoms with Gasteiger partial charge >= 0.3 is 6.03 Å². The minimum atomic E-state index is -0.260. The Bertz CT molecular complexity index is 1220. The smallest absolute Gasteiger partial charge is 0.323 e. The molecule has 7 heteroatoms. The maximum absolute atomic E-state index is 12.1. The third-order valence-electron chi connectivity index (χ3n) is 5.02. The van der Waals surface area contributed by atoms with E-state index in [4.69, 9.17) is 0 Å². The topological polar surface area (TPSA) is 98.5 Å². The first kappa shape index (κ1) is 17.9. The number of hydrogen-bond donors (Lipinski definition) is 4. The summed E-state index contributed by atoms with van der Waals surface area (Å²) in [5, 5.41) is 13.2. The van der Waals surface area contributed by atoms with Gasteiger partial charge in [-0.15, -0.1) is 0 Å². The van der Waals surface area contributed by atoms with E-state index >= 15 is 0 Å². The van der Waals surface area contributed by atoms with Crippen LogP contribution in [-0.4, -0.2) is 26.2 Å². The van der Waals surface area contributed by atoms with Crippen LogP contribution in [0, 0.1) is 0 Å². The molecule has 2 heterocycles. The van der Waals surface area contributed by atoms with E-state index in [1.807, 2.05) is 72.8 Å². The van der Waals surface area contributed by atoms with Gasteiger partial charge in [-0.3, -0.25) is 5.10 Å². The molecule has 2 aromatic carbocycles. The van der Waals surface area contributed by atoms with E-state index in [2.05, 4.69) is 36.9 Å². The number of rotatable bonds is 4. The molecule has 0 fully saturated rings. The van der Waals surface area contributed by atoms with Crippen molar-refractivity contribution in [3.63, 3.8) is 0 Å². The van der Waals surface area contributed by atoms with Crippen molar-refractivity contribution in [3.05, 3.63) is 90.3 Å². The Hall–Kier alpha value is -4.13. The second-order valence-electron chi connectivity index (χ2n) is 7.12. The molecular formula is C23H20N6O. The zero-order valence-electron chi connectivity index (χ0n) is 16.1. The lowest BCUT2D eigenvalue weighted by molar-refractivity contribution is 0.254. The molecule has 2 amide bonds. The van der Waals surface area contributed by atoms with Crippen LogP contribution in [0.1, 0.15) is 18.0 Å². The average molecular weight is 396 g/mol. The number of benzene rings is 2. The number of hydrogen-bond acceptors (Lipinski definition) is 3. The van der Waals surface area contributed by atoms with Crippen molar-refractivity contribution in [2.24, 2.45) is 0 Å². The number of anilines is 1. The Morgan fingerprint density at radius 2 is 1.87 bits per heavy atom. The molecule has 0 bridgehead atoms. The molecule has 4 aromatic rings. The van der Waals surface area contributed by atoms with Crippen LogP contribution in [0.5, 0.6) is 0 Å². The van der Waals surface area contributed by atoms with Crippen molar-refractivity contribution in [3.8, 4) is 11.5 Å². The van der Waals surface area contributed by atoms with E-state index in [1.165, 1.54) is 0 Å². The Labute approximate surface area is 172 Å². The monoisotopic (exact) mass is 396 g/mol. The summed E-state index contributed by atoms with van der Waals surface area (Å²) in [5.41, 5.74) is 5.22. The second kappa shape index (κ2) is 7.71. The van der Waals surface area contributed by atoms with Gasteiger partial charge < -0.3 is 15.6 Å². The van der Waals surface area contributed by atoms with Gasteiger partial charge in [0.1, 0.15) is 5.69 Å². The largest absolute Gasteiger partial charge is 0.337 e. The zero-order valence-corrected chi connectivity index (χ0v) is 16.1. The van der Waals surface area contributed by atoms with Crippen LogP contribution >= 0.6 is 0 Å². The molecule has 1 aliphatic carbocycles. The highest BCUT2D eigenvalue weighted by molar-refractivity contribution is 5.90. The molecule has 0 saturated carbocycles. The Morgan fingerprint density at radius 3 is 2.67 bits per heavy atom. The van der Waals surface area contributed by atoms with E-state index in [-0.39, 0.29) is 11.9 Å². The van der Waals surface area contributed by atoms with Crippen LogP contribution < -0.4 is 10.6 Å². The summed E-state index contributed by atoms with van der Waals surface area (Å²) in [5.74, 6) is 0.910.